The molecule has 0 bridgehead atoms. The summed E-state index contributed by atoms with van der Waals surface area (Å²) in [5.41, 5.74) is 9.39. The molecule has 1 heterocycles. The van der Waals surface area contributed by atoms with E-state index in [9.17, 15) is 9.59 Å². The number of carbonyl (C=O) groups excluding carboxylic acids is 2. The topological polar surface area (TPSA) is 85.5 Å². The fourth-order valence-corrected chi connectivity index (χ4v) is 4.48. The predicted molar refractivity (Wildman–Crippen MR) is 145 cm³/mol. The molecule has 0 saturated heterocycles. The molecule has 3 rings (SSSR count). The first-order valence-corrected chi connectivity index (χ1v) is 13.0. The minimum atomic E-state index is -0.550. The number of hydrogen-bond acceptors (Lipinski definition) is 5. The molecule has 1 atom stereocenters. The number of rotatable bonds is 14. The number of hydrogen-bond donors (Lipinski definition) is 1. The summed E-state index contributed by atoms with van der Waals surface area (Å²) in [7, 11) is 0. The summed E-state index contributed by atoms with van der Waals surface area (Å²) in [6.07, 6.45) is 3.22. The molecule has 0 spiro atoms. The average Bonchev–Trinajstić information content (AvgIpc) is 2.90. The fourth-order valence-electron chi connectivity index (χ4n) is 4.07. The van der Waals surface area contributed by atoms with E-state index in [0.717, 1.165) is 29.9 Å². The molecule has 1 aromatic heterocycles. The van der Waals surface area contributed by atoms with Crippen LogP contribution in [0.2, 0.25) is 0 Å². The highest BCUT2D eigenvalue weighted by molar-refractivity contribution is 6.18. The zero-order valence-electron chi connectivity index (χ0n) is 20.1. The van der Waals surface area contributed by atoms with Crippen LogP contribution in [0.15, 0.2) is 72.9 Å². The molecule has 0 aliphatic rings. The minimum Gasteiger partial charge on any atom is -0.465 e. The minimum absolute atomic E-state index is 0.116. The molecule has 1 unspecified atom stereocenters. The summed E-state index contributed by atoms with van der Waals surface area (Å²) in [5, 5.41) is 0. The van der Waals surface area contributed by atoms with Crippen LogP contribution in [0.3, 0.4) is 0 Å². The Morgan fingerprint density at radius 1 is 0.917 bits per heavy atom. The van der Waals surface area contributed by atoms with Gasteiger partial charge in [-0.3, -0.25) is 14.6 Å². The number of benzene rings is 2. The molecule has 6 nitrogen and oxygen atoms in total. The van der Waals surface area contributed by atoms with Crippen molar-refractivity contribution < 1.29 is 14.3 Å². The molecular formula is C28H31Cl2N3O3. The number of alkyl halides is 2. The molecule has 0 aliphatic carbocycles. The Hall–Kier alpha value is -3.09. The second-order valence-electron chi connectivity index (χ2n) is 8.31. The Morgan fingerprint density at radius 3 is 2.25 bits per heavy atom. The van der Waals surface area contributed by atoms with Gasteiger partial charge in [-0.15, -0.1) is 23.2 Å². The van der Waals surface area contributed by atoms with E-state index in [0.29, 0.717) is 42.3 Å². The lowest BCUT2D eigenvalue weighted by molar-refractivity contribution is -0.145. The maximum absolute atomic E-state index is 13.1. The van der Waals surface area contributed by atoms with Crippen molar-refractivity contribution in [1.29, 1.82) is 0 Å². The molecular weight excluding hydrogens is 497 g/mol. The summed E-state index contributed by atoms with van der Waals surface area (Å²) in [6, 6.07) is 21.2. The fraction of sp³-hybridized carbons (Fsp3) is 0.321. The molecule has 3 aromatic rings. The smallest absolute Gasteiger partial charge is 0.313 e. The number of pyridine rings is 1. The van der Waals surface area contributed by atoms with E-state index in [4.69, 9.17) is 33.7 Å². The number of nitrogens with zero attached hydrogens (tertiary/aromatic N) is 2. The van der Waals surface area contributed by atoms with Gasteiger partial charge in [-0.05, 0) is 48.2 Å². The maximum atomic E-state index is 13.1. The number of esters is 1. The molecule has 0 saturated carbocycles. The monoisotopic (exact) mass is 527 g/mol. The molecule has 0 aliphatic heterocycles. The van der Waals surface area contributed by atoms with Gasteiger partial charge in [-0.1, -0.05) is 42.5 Å². The molecule has 36 heavy (non-hydrogen) atoms. The van der Waals surface area contributed by atoms with Gasteiger partial charge in [0.2, 0.25) is 0 Å². The number of anilines is 1. The number of carbonyl (C=O) groups is 2. The third kappa shape index (κ3) is 7.97. The van der Waals surface area contributed by atoms with Gasteiger partial charge < -0.3 is 15.4 Å². The first-order valence-electron chi connectivity index (χ1n) is 11.9. The first kappa shape index (κ1) is 27.5. The van der Waals surface area contributed by atoms with Crippen molar-refractivity contribution in [1.82, 2.24) is 4.98 Å². The van der Waals surface area contributed by atoms with Gasteiger partial charge in [-0.2, -0.15) is 0 Å². The van der Waals surface area contributed by atoms with Gasteiger partial charge >= 0.3 is 5.97 Å². The third-order valence-electron chi connectivity index (χ3n) is 5.96. The van der Waals surface area contributed by atoms with Crippen LogP contribution in [0, 0.1) is 0 Å². The average molecular weight is 528 g/mol. The Kier molecular flexibility index (Phi) is 11.0. The standard InChI is InChI=1S/C28H31Cl2N3O3/c29-15-18-33(19-16-30)23-11-8-21(9-12-23)10-13-24(22-5-2-1-3-6-22)28(35)36-20-14-26-25(27(31)34)7-4-17-32-26/h1-9,11-12,17,24H,10,13-16,18-20H2,(H2,31,34). The SMILES string of the molecule is NC(=O)c1cccnc1CCOC(=O)C(CCc1ccc(N(CCCl)CCCl)cc1)c1ccccc1. The lowest BCUT2D eigenvalue weighted by Crippen LogP contribution is -2.27. The van der Waals surface area contributed by atoms with Crippen molar-refractivity contribution in [3.05, 3.63) is 95.3 Å². The normalized spacial score (nSPS) is 11.6. The lowest BCUT2D eigenvalue weighted by Gasteiger charge is -2.23. The van der Waals surface area contributed by atoms with Gasteiger partial charge in [0, 0.05) is 43.2 Å². The van der Waals surface area contributed by atoms with Crippen molar-refractivity contribution in [3.63, 3.8) is 0 Å². The van der Waals surface area contributed by atoms with E-state index in [1.807, 2.05) is 30.3 Å². The third-order valence-corrected chi connectivity index (χ3v) is 6.30. The van der Waals surface area contributed by atoms with E-state index in [-0.39, 0.29) is 12.6 Å². The Balaban J connectivity index is 1.64. The Morgan fingerprint density at radius 2 is 1.61 bits per heavy atom. The van der Waals surface area contributed by atoms with Crippen molar-refractivity contribution in [2.75, 3.05) is 36.4 Å². The highest BCUT2D eigenvalue weighted by Crippen LogP contribution is 2.25. The highest BCUT2D eigenvalue weighted by Gasteiger charge is 2.22. The van der Waals surface area contributed by atoms with E-state index in [1.165, 1.54) is 0 Å². The van der Waals surface area contributed by atoms with Crippen molar-refractivity contribution >= 4 is 40.8 Å². The van der Waals surface area contributed by atoms with Gasteiger partial charge in [-0.25, -0.2) is 0 Å². The molecule has 2 N–H and O–H groups in total. The maximum Gasteiger partial charge on any atom is 0.313 e. The van der Waals surface area contributed by atoms with Crippen molar-refractivity contribution in [2.45, 2.75) is 25.2 Å². The van der Waals surface area contributed by atoms with Gasteiger partial charge in [0.05, 0.1) is 23.8 Å². The number of primary amides is 1. The zero-order valence-corrected chi connectivity index (χ0v) is 21.6. The van der Waals surface area contributed by atoms with Crippen LogP contribution in [-0.4, -0.2) is 48.3 Å². The van der Waals surface area contributed by atoms with Crippen LogP contribution >= 0.6 is 23.2 Å². The quantitative estimate of drug-likeness (QED) is 0.236. The van der Waals surface area contributed by atoms with Crippen LogP contribution < -0.4 is 10.6 Å². The molecule has 1 amide bonds. The number of aryl methyl sites for hydroxylation is 1. The largest absolute Gasteiger partial charge is 0.465 e. The van der Waals surface area contributed by atoms with E-state index < -0.39 is 11.8 Å². The number of amides is 1. The summed E-state index contributed by atoms with van der Waals surface area (Å²) in [6.45, 7) is 1.58. The summed E-state index contributed by atoms with van der Waals surface area (Å²) >= 11 is 11.9. The lowest BCUT2D eigenvalue weighted by atomic mass is 9.92. The van der Waals surface area contributed by atoms with Crippen LogP contribution in [0.5, 0.6) is 0 Å². The molecule has 0 fully saturated rings. The molecule has 2 aromatic carbocycles. The van der Waals surface area contributed by atoms with Crippen LogP contribution in [0.4, 0.5) is 5.69 Å². The van der Waals surface area contributed by atoms with E-state index in [2.05, 4.69) is 34.1 Å². The number of halogens is 2. The zero-order chi connectivity index (χ0) is 25.8. The van der Waals surface area contributed by atoms with E-state index >= 15 is 0 Å². The molecule has 8 heteroatoms. The highest BCUT2D eigenvalue weighted by atomic mass is 35.5. The van der Waals surface area contributed by atoms with Crippen molar-refractivity contribution in [3.8, 4) is 0 Å². The number of aromatic nitrogens is 1. The van der Waals surface area contributed by atoms with Gasteiger partial charge in [0.15, 0.2) is 0 Å². The first-order chi connectivity index (χ1) is 17.5. The predicted octanol–water partition coefficient (Wildman–Crippen LogP) is 4.97. The van der Waals surface area contributed by atoms with Crippen LogP contribution in [0.1, 0.15) is 39.5 Å². The molecule has 0 radical (unpaired) electrons. The van der Waals surface area contributed by atoms with Crippen LogP contribution in [0.25, 0.3) is 0 Å². The van der Waals surface area contributed by atoms with Gasteiger partial charge in [0.25, 0.3) is 5.91 Å². The summed E-state index contributed by atoms with van der Waals surface area (Å²) in [5.74, 6) is -0.196. The van der Waals surface area contributed by atoms with Crippen molar-refractivity contribution in [2.24, 2.45) is 5.73 Å². The van der Waals surface area contributed by atoms with E-state index in [1.54, 1.807) is 18.3 Å². The second-order valence-corrected chi connectivity index (χ2v) is 9.07. The second kappa shape index (κ2) is 14.5. The summed E-state index contributed by atoms with van der Waals surface area (Å²) < 4.78 is 5.63. The molecule has 190 valence electrons. The number of nitrogens with two attached hydrogens (primary N) is 1. The Bertz CT molecular complexity index is 1100. The Labute approximate surface area is 222 Å². The van der Waals surface area contributed by atoms with Crippen LogP contribution in [-0.2, 0) is 22.4 Å². The van der Waals surface area contributed by atoms with Gasteiger partial charge in [0.1, 0.15) is 0 Å². The number of ether oxygens (including phenoxy) is 1. The summed E-state index contributed by atoms with van der Waals surface area (Å²) in [4.78, 5) is 31.1.